The number of halogens is 2. The molecule has 65 heavy (non-hydrogen) atoms. The van der Waals surface area contributed by atoms with E-state index in [1.807, 2.05) is 27.7 Å². The Morgan fingerprint density at radius 3 is 1.09 bits per heavy atom. The summed E-state index contributed by atoms with van der Waals surface area (Å²) < 4.78 is 17.3. The molecule has 6 aliphatic heterocycles. The normalized spacial score (nSPS) is 41.3. The van der Waals surface area contributed by atoms with Crippen molar-refractivity contribution in [2.45, 2.75) is 179 Å². The maximum atomic E-state index is 12.3. The molecule has 6 N–H and O–H groups in total. The van der Waals surface area contributed by atoms with Crippen molar-refractivity contribution in [1.29, 1.82) is 0 Å². The summed E-state index contributed by atoms with van der Waals surface area (Å²) in [6.45, 7) is 19.4. The zero-order valence-corrected chi connectivity index (χ0v) is 38.2. The third-order valence-corrected chi connectivity index (χ3v) is 16.6. The first kappa shape index (κ1) is 54.3. The summed E-state index contributed by atoms with van der Waals surface area (Å²) in [4.78, 5) is 36.9. The molecule has 9 aliphatic rings. The standard InChI is InChI=1S/2C16H22ClNO3.C16H23NO3.3CH4/c2*1-10-16(13(19)11-6-4-3-5-7-11)15(2,21-10)12(8-9-17)14(20)18-16;1-4-12-14(19)17-16(10(2)20-15(12,16)3)13(18)11-8-6-5-7-9-11;;;/h2*4,6,11-13,19H,1,3,5,7-9H2,2H3,(H,18,20);6,8,11-13,18H,2,4-5,7,9H2,1,3H3,(H,17,19);3*1H4/t11-,12+,13+,15+,16-;11-,12-,13+,15+,16-;11-,12+,13+,15+,16-;;;/m111.../s1. The molecular formula is C51H79Cl2N3O9. The Kier molecular flexibility index (Phi) is 16.8. The molecule has 0 aromatic heterocycles. The van der Waals surface area contributed by atoms with Gasteiger partial charge in [-0.05, 0) is 97.8 Å². The zero-order chi connectivity index (χ0) is 45.0. The van der Waals surface area contributed by atoms with Gasteiger partial charge in [0, 0.05) is 29.5 Å². The van der Waals surface area contributed by atoms with E-state index in [0.29, 0.717) is 48.3 Å². The van der Waals surface area contributed by atoms with E-state index in [1.165, 1.54) is 0 Å². The van der Waals surface area contributed by atoms with Crippen LogP contribution in [0.2, 0.25) is 0 Å². The SMILES string of the molecule is C.C.C.C=C1O[C@@]2(C)[C@@H](CC)C(=O)N[C@@]12[C@@H](O)[C@@H]1C=CCCC1.C=C1O[C@@]2(C)[C@@H](CCCl)C(=O)N[C@@]12[C@@H](O)[C@@H]1C=CCCC1.C=C1O[C@@]2(C)[C@H](CCCl)C(=O)N[C@@]12[C@@H](O)[C@@H]1C=CCCC1. The highest BCUT2D eigenvalue weighted by Gasteiger charge is 2.78. The van der Waals surface area contributed by atoms with Gasteiger partial charge < -0.3 is 45.5 Å². The van der Waals surface area contributed by atoms with Crippen molar-refractivity contribution in [3.05, 3.63) is 73.5 Å². The van der Waals surface area contributed by atoms with Crippen LogP contribution in [0.4, 0.5) is 0 Å². The Labute approximate surface area is 398 Å². The topological polar surface area (TPSA) is 176 Å². The molecule has 6 heterocycles. The molecule has 14 heteroatoms. The molecule has 0 aromatic carbocycles. The Hall–Kier alpha value is -3.29. The van der Waals surface area contributed by atoms with Gasteiger partial charge in [0.05, 0.1) is 36.1 Å². The van der Waals surface area contributed by atoms with Crippen LogP contribution in [0.1, 0.15) is 127 Å². The maximum absolute atomic E-state index is 12.3. The predicted octanol–water partition coefficient (Wildman–Crippen LogP) is 8.05. The molecule has 6 saturated heterocycles. The number of hydrogen-bond acceptors (Lipinski definition) is 9. The summed E-state index contributed by atoms with van der Waals surface area (Å²) in [5, 5.41) is 41.8. The van der Waals surface area contributed by atoms with Gasteiger partial charge in [0.15, 0.2) is 33.4 Å². The molecule has 0 bridgehead atoms. The van der Waals surface area contributed by atoms with E-state index in [9.17, 15) is 29.7 Å². The molecule has 15 atom stereocenters. The van der Waals surface area contributed by atoms with E-state index < -0.39 is 51.7 Å². The van der Waals surface area contributed by atoms with Crippen LogP contribution in [0, 0.1) is 35.5 Å². The number of aliphatic hydroxyl groups is 3. The number of rotatable bonds is 11. The maximum Gasteiger partial charge on any atom is 0.228 e. The lowest BCUT2D eigenvalue weighted by Gasteiger charge is -2.58. The minimum absolute atomic E-state index is 0. The first-order valence-electron chi connectivity index (χ1n) is 22.7. The highest BCUT2D eigenvalue weighted by molar-refractivity contribution is 6.18. The number of hydrogen-bond donors (Lipinski definition) is 6. The van der Waals surface area contributed by atoms with Gasteiger partial charge in [-0.25, -0.2) is 0 Å². The third kappa shape index (κ3) is 7.81. The van der Waals surface area contributed by atoms with Crippen molar-refractivity contribution in [2.75, 3.05) is 11.8 Å². The van der Waals surface area contributed by atoms with Crippen molar-refractivity contribution in [2.24, 2.45) is 35.5 Å². The Balaban J connectivity index is 0.000000209. The lowest BCUT2D eigenvalue weighted by Crippen LogP contribution is -2.75. The van der Waals surface area contributed by atoms with Crippen LogP contribution in [0.3, 0.4) is 0 Å². The predicted molar refractivity (Wildman–Crippen MR) is 258 cm³/mol. The van der Waals surface area contributed by atoms with Crippen molar-refractivity contribution < 1.29 is 43.9 Å². The monoisotopic (exact) mass is 948 g/mol. The van der Waals surface area contributed by atoms with Gasteiger partial charge >= 0.3 is 0 Å². The summed E-state index contributed by atoms with van der Waals surface area (Å²) in [5.41, 5.74) is -4.79. The minimum atomic E-state index is -0.882. The van der Waals surface area contributed by atoms with Crippen LogP contribution in [0.25, 0.3) is 0 Å². The Bertz CT molecular complexity index is 1830. The highest BCUT2D eigenvalue weighted by Crippen LogP contribution is 2.60. The van der Waals surface area contributed by atoms with Crippen LogP contribution in [-0.2, 0) is 28.6 Å². The van der Waals surface area contributed by atoms with E-state index in [1.54, 1.807) is 0 Å². The summed E-state index contributed by atoms with van der Waals surface area (Å²) in [6, 6.07) is 0. The van der Waals surface area contributed by atoms with Crippen LogP contribution in [0.5, 0.6) is 0 Å². The lowest BCUT2D eigenvalue weighted by molar-refractivity contribution is -0.202. The second-order valence-corrected chi connectivity index (χ2v) is 20.0. The average Bonchev–Trinajstić information content (AvgIpc) is 3.65. The fourth-order valence-corrected chi connectivity index (χ4v) is 13.1. The third-order valence-electron chi connectivity index (χ3n) is 16.2. The highest BCUT2D eigenvalue weighted by atomic mass is 35.5. The summed E-state index contributed by atoms with van der Waals surface area (Å²) in [6.07, 6.45) is 21.2. The molecule has 366 valence electrons. The lowest BCUT2D eigenvalue weighted by atomic mass is 9.63. The quantitative estimate of drug-likeness (QED) is 0.0885. The van der Waals surface area contributed by atoms with Gasteiger partial charge in [0.25, 0.3) is 0 Å². The number of fused-ring (bicyclic) bond motifs is 3. The number of alkyl halides is 2. The largest absolute Gasteiger partial charge is 0.486 e. The molecule has 6 fully saturated rings. The van der Waals surface area contributed by atoms with E-state index in [-0.39, 0.29) is 75.5 Å². The van der Waals surface area contributed by atoms with Gasteiger partial charge in [0.2, 0.25) is 17.7 Å². The van der Waals surface area contributed by atoms with E-state index in [4.69, 9.17) is 37.4 Å². The molecule has 0 radical (unpaired) electrons. The van der Waals surface area contributed by atoms with Gasteiger partial charge in [-0.2, -0.15) is 0 Å². The van der Waals surface area contributed by atoms with Gasteiger partial charge in [0.1, 0.15) is 17.3 Å². The summed E-state index contributed by atoms with van der Waals surface area (Å²) in [7, 11) is 0. The van der Waals surface area contributed by atoms with Crippen molar-refractivity contribution in [1.82, 2.24) is 16.0 Å². The van der Waals surface area contributed by atoms with Gasteiger partial charge in [-0.15, -0.1) is 23.2 Å². The van der Waals surface area contributed by atoms with Crippen LogP contribution in [0.15, 0.2) is 73.5 Å². The molecular weight excluding hydrogens is 869 g/mol. The number of carbonyl (C=O) groups excluding carboxylic acids is 3. The van der Waals surface area contributed by atoms with Crippen LogP contribution < -0.4 is 16.0 Å². The van der Waals surface area contributed by atoms with Crippen molar-refractivity contribution in [3.63, 3.8) is 0 Å². The van der Waals surface area contributed by atoms with Gasteiger partial charge in [-0.3, -0.25) is 14.4 Å². The summed E-state index contributed by atoms with van der Waals surface area (Å²) >= 11 is 11.6. The van der Waals surface area contributed by atoms with Crippen molar-refractivity contribution in [3.8, 4) is 0 Å². The molecule has 3 aliphatic carbocycles. The number of amides is 3. The van der Waals surface area contributed by atoms with E-state index in [2.05, 4.69) is 72.1 Å². The molecule has 3 amide bonds. The Morgan fingerprint density at radius 1 is 0.585 bits per heavy atom. The Morgan fingerprint density at radius 2 is 0.862 bits per heavy atom. The molecule has 12 nitrogen and oxygen atoms in total. The second-order valence-electron chi connectivity index (χ2n) is 19.2. The fourth-order valence-electron chi connectivity index (χ4n) is 12.6. The molecule has 0 unspecified atom stereocenters. The van der Waals surface area contributed by atoms with Crippen LogP contribution >= 0.6 is 23.2 Å². The minimum Gasteiger partial charge on any atom is -0.486 e. The molecule has 0 spiro atoms. The number of aliphatic hydroxyl groups excluding tert-OH is 3. The van der Waals surface area contributed by atoms with E-state index in [0.717, 1.165) is 57.8 Å². The van der Waals surface area contributed by atoms with Gasteiger partial charge in [-0.1, -0.05) is 85.4 Å². The molecule has 0 saturated carbocycles. The van der Waals surface area contributed by atoms with E-state index >= 15 is 0 Å². The number of nitrogens with one attached hydrogen (secondary N) is 3. The first-order valence-corrected chi connectivity index (χ1v) is 23.8. The first-order chi connectivity index (χ1) is 29.4. The number of carbonyl (C=O) groups is 3. The fraction of sp³-hybridized carbons (Fsp3) is 0.706. The smallest absolute Gasteiger partial charge is 0.228 e. The molecule has 0 aromatic rings. The summed E-state index contributed by atoms with van der Waals surface area (Å²) in [5.74, 6) is 1.14. The second kappa shape index (κ2) is 20.1. The molecule has 9 rings (SSSR count). The van der Waals surface area contributed by atoms with Crippen LogP contribution in [-0.4, -0.2) is 96.5 Å². The number of ether oxygens (including phenoxy) is 3. The van der Waals surface area contributed by atoms with Crippen molar-refractivity contribution >= 4 is 40.9 Å². The average molecular weight is 949 g/mol. The zero-order valence-electron chi connectivity index (χ0n) is 36.7. The number of allylic oxidation sites excluding steroid dienone is 3.